The maximum absolute atomic E-state index is 14.2. The minimum atomic E-state index is -3.94. The molecule has 0 saturated heterocycles. The molecule has 3 amide bonds. The van der Waals surface area contributed by atoms with Crippen molar-refractivity contribution in [1.29, 1.82) is 0 Å². The summed E-state index contributed by atoms with van der Waals surface area (Å²) in [5, 5.41) is 19.5. The molecule has 45 heavy (non-hydrogen) atoms. The molecule has 2 heterocycles. The van der Waals surface area contributed by atoms with Crippen molar-refractivity contribution in [2.75, 3.05) is 38.7 Å². The lowest BCUT2D eigenvalue weighted by Crippen LogP contribution is -2.48. The number of fused-ring (bicyclic) bond motifs is 1. The summed E-state index contributed by atoms with van der Waals surface area (Å²) in [6.07, 6.45) is 1.43. The molecule has 0 unspecified atom stereocenters. The van der Waals surface area contributed by atoms with E-state index in [1.54, 1.807) is 43.9 Å². The van der Waals surface area contributed by atoms with Gasteiger partial charge in [-0.1, -0.05) is 12.1 Å². The number of aromatic nitrogens is 1. The number of ether oxygens (including phenoxy) is 2. The van der Waals surface area contributed by atoms with Gasteiger partial charge in [0, 0.05) is 44.4 Å². The minimum absolute atomic E-state index is 0.0260. The van der Waals surface area contributed by atoms with Gasteiger partial charge < -0.3 is 34.6 Å². The fraction of sp³-hybridized carbons (Fsp3) is 0.645. The predicted molar refractivity (Wildman–Crippen MR) is 170 cm³/mol. The van der Waals surface area contributed by atoms with E-state index in [1.165, 1.54) is 11.4 Å². The van der Waals surface area contributed by atoms with Crippen molar-refractivity contribution in [3.63, 3.8) is 0 Å². The van der Waals surface area contributed by atoms with E-state index in [-0.39, 0.29) is 59.7 Å². The summed E-state index contributed by atoms with van der Waals surface area (Å²) in [4.78, 5) is 28.2. The van der Waals surface area contributed by atoms with Gasteiger partial charge in [-0.2, -0.15) is 4.31 Å². The largest absolute Gasteiger partial charge is 0.490 e. The van der Waals surface area contributed by atoms with Crippen LogP contribution in [-0.2, 0) is 14.8 Å². The van der Waals surface area contributed by atoms with E-state index >= 15 is 0 Å². The number of benzene rings is 1. The number of anilines is 1. The number of nitrogens with one attached hydrogen (secondary N) is 2. The number of aliphatic hydroxyl groups is 1. The summed E-state index contributed by atoms with van der Waals surface area (Å²) in [6.45, 7) is 12.7. The zero-order chi connectivity index (χ0) is 33.5. The van der Waals surface area contributed by atoms with E-state index < -0.39 is 34.1 Å². The zero-order valence-electron chi connectivity index (χ0n) is 27.6. The SMILES string of the molecule is Cc1noc(C)c1S(=O)(=O)N(C)C[C@H]1OCCCC[C@H](C)Oc2ccc(NC(=O)NC(C)C)cc2C(=O)N([C@@H](C)CO)C[C@@H]1C. The summed E-state index contributed by atoms with van der Waals surface area (Å²) < 4.78 is 45.9. The Morgan fingerprint density at radius 1 is 1.20 bits per heavy atom. The first-order chi connectivity index (χ1) is 21.1. The molecule has 0 spiro atoms. The Bertz CT molecular complexity index is 1390. The summed E-state index contributed by atoms with van der Waals surface area (Å²) in [7, 11) is -2.45. The van der Waals surface area contributed by atoms with Crippen LogP contribution in [0, 0.1) is 19.8 Å². The van der Waals surface area contributed by atoms with E-state index in [0.717, 1.165) is 12.8 Å². The van der Waals surface area contributed by atoms with Crippen LogP contribution >= 0.6 is 0 Å². The van der Waals surface area contributed by atoms with E-state index in [4.69, 9.17) is 14.0 Å². The lowest BCUT2D eigenvalue weighted by Gasteiger charge is -2.35. The summed E-state index contributed by atoms with van der Waals surface area (Å²) >= 11 is 0. The number of urea groups is 1. The first-order valence-corrected chi connectivity index (χ1v) is 16.9. The van der Waals surface area contributed by atoms with Crippen LogP contribution in [0.4, 0.5) is 10.5 Å². The van der Waals surface area contributed by atoms with Gasteiger partial charge >= 0.3 is 6.03 Å². The van der Waals surface area contributed by atoms with Gasteiger partial charge in [0.2, 0.25) is 10.0 Å². The molecule has 1 aromatic heterocycles. The van der Waals surface area contributed by atoms with Gasteiger partial charge in [0.25, 0.3) is 5.91 Å². The molecule has 0 fully saturated rings. The quantitative estimate of drug-likeness (QED) is 0.384. The van der Waals surface area contributed by atoms with E-state index in [2.05, 4.69) is 15.8 Å². The highest BCUT2D eigenvalue weighted by Crippen LogP contribution is 2.29. The molecule has 1 aliphatic rings. The minimum Gasteiger partial charge on any atom is -0.490 e. The van der Waals surface area contributed by atoms with Crippen molar-refractivity contribution < 1.29 is 37.1 Å². The molecule has 0 aliphatic carbocycles. The zero-order valence-corrected chi connectivity index (χ0v) is 28.4. The van der Waals surface area contributed by atoms with E-state index in [1.807, 2.05) is 27.7 Å². The Morgan fingerprint density at radius 2 is 1.91 bits per heavy atom. The second-order valence-electron chi connectivity index (χ2n) is 12.2. The third-order valence-corrected chi connectivity index (χ3v) is 9.87. The molecular formula is C31H49N5O8S. The number of aliphatic hydroxyl groups excluding tert-OH is 1. The van der Waals surface area contributed by atoms with Gasteiger partial charge in [0.15, 0.2) is 5.76 Å². The summed E-state index contributed by atoms with van der Waals surface area (Å²) in [5.74, 6) is -0.153. The topological polar surface area (TPSA) is 164 Å². The molecule has 3 rings (SSSR count). The molecule has 2 aromatic rings. The summed E-state index contributed by atoms with van der Waals surface area (Å²) in [6, 6.07) is 3.87. The van der Waals surface area contributed by atoms with E-state index in [0.29, 0.717) is 24.5 Å². The molecule has 1 aromatic carbocycles. The highest BCUT2D eigenvalue weighted by molar-refractivity contribution is 7.89. The number of sulfonamides is 1. The van der Waals surface area contributed by atoms with Gasteiger partial charge in [-0.25, -0.2) is 13.2 Å². The molecule has 0 bridgehead atoms. The normalized spacial score (nSPS) is 21.2. The monoisotopic (exact) mass is 651 g/mol. The molecule has 0 radical (unpaired) electrons. The van der Waals surface area contributed by atoms with Crippen LogP contribution in [0.25, 0.3) is 0 Å². The van der Waals surface area contributed by atoms with Crippen LogP contribution in [0.3, 0.4) is 0 Å². The lowest BCUT2D eigenvalue weighted by molar-refractivity contribution is -0.00835. The maximum Gasteiger partial charge on any atom is 0.319 e. The number of nitrogens with zero attached hydrogens (tertiary/aromatic N) is 3. The van der Waals surface area contributed by atoms with Crippen LogP contribution in [0.5, 0.6) is 5.75 Å². The maximum atomic E-state index is 14.2. The number of aryl methyl sites for hydroxylation is 2. The smallest absolute Gasteiger partial charge is 0.319 e. The van der Waals surface area contributed by atoms with Gasteiger partial charge in [-0.15, -0.1) is 0 Å². The van der Waals surface area contributed by atoms with Crippen molar-refractivity contribution in [2.45, 2.75) is 96.9 Å². The van der Waals surface area contributed by atoms with E-state index in [9.17, 15) is 23.1 Å². The summed E-state index contributed by atoms with van der Waals surface area (Å²) in [5.41, 5.74) is 0.928. The first kappa shape index (κ1) is 36.3. The van der Waals surface area contributed by atoms with Gasteiger partial charge in [0.05, 0.1) is 30.4 Å². The van der Waals surface area contributed by atoms with Gasteiger partial charge in [0.1, 0.15) is 16.3 Å². The molecule has 252 valence electrons. The second kappa shape index (κ2) is 15.9. The van der Waals surface area contributed by atoms with Crippen LogP contribution in [0.15, 0.2) is 27.6 Å². The molecule has 13 nitrogen and oxygen atoms in total. The van der Waals surface area contributed by atoms with Gasteiger partial charge in [-0.05, 0) is 79.0 Å². The molecular weight excluding hydrogens is 602 g/mol. The number of carbonyl (C=O) groups is 2. The number of amides is 3. The highest BCUT2D eigenvalue weighted by Gasteiger charge is 2.34. The number of likely N-dealkylation sites (N-methyl/N-ethyl adjacent to an activating group) is 1. The molecule has 0 saturated carbocycles. The van der Waals surface area contributed by atoms with Crippen molar-refractivity contribution in [3.8, 4) is 5.75 Å². The van der Waals surface area contributed by atoms with Crippen LogP contribution in [-0.4, -0.2) is 97.5 Å². The fourth-order valence-corrected chi connectivity index (χ4v) is 6.71. The van der Waals surface area contributed by atoms with Crippen molar-refractivity contribution >= 4 is 27.6 Å². The molecule has 1 aliphatic heterocycles. The Hall–Kier alpha value is -3.20. The third-order valence-electron chi connectivity index (χ3n) is 7.80. The second-order valence-corrected chi connectivity index (χ2v) is 14.2. The van der Waals surface area contributed by atoms with Crippen LogP contribution in [0.2, 0.25) is 0 Å². The number of hydrogen-bond donors (Lipinski definition) is 3. The van der Waals surface area contributed by atoms with Crippen molar-refractivity contribution in [1.82, 2.24) is 19.7 Å². The number of hydrogen-bond acceptors (Lipinski definition) is 9. The first-order valence-electron chi connectivity index (χ1n) is 15.5. The standard InChI is InChI=1S/C31H49N5O8S/c1-19(2)32-31(39)33-25-12-13-27-26(15-25)30(38)36(21(4)18-37)16-20(3)28(42-14-10-9-11-22(5)43-27)17-35(8)45(40,41)29-23(6)34-44-24(29)7/h12-13,15,19-22,28,37H,9-11,14,16-18H2,1-8H3,(H2,32,33,39)/t20-,21-,22-,28+/m0/s1. The Labute approximate surface area is 266 Å². The predicted octanol–water partition coefficient (Wildman–Crippen LogP) is 3.94. The number of rotatable bonds is 8. The van der Waals surface area contributed by atoms with Crippen LogP contribution in [0.1, 0.15) is 75.7 Å². The Balaban J connectivity index is 1.97. The Morgan fingerprint density at radius 3 is 2.53 bits per heavy atom. The molecule has 3 N–H and O–H groups in total. The van der Waals surface area contributed by atoms with Crippen LogP contribution < -0.4 is 15.4 Å². The fourth-order valence-electron chi connectivity index (χ4n) is 5.24. The highest BCUT2D eigenvalue weighted by atomic mass is 32.2. The van der Waals surface area contributed by atoms with Gasteiger partial charge in [-0.3, -0.25) is 4.79 Å². The third kappa shape index (κ3) is 9.41. The number of carbonyl (C=O) groups excluding carboxylic acids is 2. The lowest BCUT2D eigenvalue weighted by atomic mass is 10.0. The Kier molecular flexibility index (Phi) is 12.8. The molecule has 14 heteroatoms. The average molecular weight is 652 g/mol. The van der Waals surface area contributed by atoms with Crippen molar-refractivity contribution in [2.24, 2.45) is 5.92 Å². The average Bonchev–Trinajstić information content (AvgIpc) is 3.31. The molecule has 4 atom stereocenters. The van der Waals surface area contributed by atoms with Crippen molar-refractivity contribution in [3.05, 3.63) is 35.2 Å².